The minimum absolute atomic E-state index is 0.0755. The first kappa shape index (κ1) is 15.4. The van der Waals surface area contributed by atoms with E-state index in [9.17, 15) is 5.11 Å². The molecule has 112 valence electrons. The maximum absolute atomic E-state index is 10.2. The van der Waals surface area contributed by atoms with Crippen molar-refractivity contribution < 1.29 is 9.84 Å². The van der Waals surface area contributed by atoms with Gasteiger partial charge in [0.05, 0.1) is 6.10 Å². The van der Waals surface area contributed by atoms with Crippen molar-refractivity contribution in [1.29, 1.82) is 0 Å². The number of benzene rings is 1. The second-order valence-corrected chi connectivity index (χ2v) is 7.37. The van der Waals surface area contributed by atoms with Crippen LogP contribution in [-0.4, -0.2) is 17.3 Å². The molecule has 1 N–H and O–H groups in total. The largest absolute Gasteiger partial charge is 0.487 e. The molecule has 0 bridgehead atoms. The molecule has 1 aromatic rings. The van der Waals surface area contributed by atoms with Gasteiger partial charge in [0.15, 0.2) is 0 Å². The fourth-order valence-corrected chi connectivity index (χ4v) is 3.02. The van der Waals surface area contributed by atoms with E-state index in [0.29, 0.717) is 5.92 Å². The molecule has 2 heteroatoms. The van der Waals surface area contributed by atoms with Crippen LogP contribution in [0.5, 0.6) is 5.75 Å². The molecule has 0 saturated heterocycles. The van der Waals surface area contributed by atoms with Crippen LogP contribution in [-0.2, 0) is 0 Å². The summed E-state index contributed by atoms with van der Waals surface area (Å²) in [6.07, 6.45) is 2.47. The Morgan fingerprint density at radius 3 is 2.50 bits per heavy atom. The number of aliphatic hydroxyl groups is 1. The first-order chi connectivity index (χ1) is 9.27. The van der Waals surface area contributed by atoms with E-state index in [1.807, 2.05) is 0 Å². The van der Waals surface area contributed by atoms with Crippen molar-refractivity contribution in [2.75, 3.05) is 0 Å². The molecule has 0 spiro atoms. The Bertz CT molecular complexity index is 459. The molecule has 1 aromatic carbocycles. The van der Waals surface area contributed by atoms with Crippen LogP contribution in [0.4, 0.5) is 0 Å². The predicted octanol–water partition coefficient (Wildman–Crippen LogP) is 4.26. The zero-order chi connectivity index (χ0) is 14.9. The number of hydrogen-bond donors (Lipinski definition) is 1. The van der Waals surface area contributed by atoms with Gasteiger partial charge in [0, 0.05) is 0 Å². The van der Waals surface area contributed by atoms with Crippen molar-refractivity contribution >= 4 is 0 Å². The summed E-state index contributed by atoms with van der Waals surface area (Å²) in [5.41, 5.74) is 2.62. The molecular weight excluding hydrogens is 248 g/mol. The molecular formula is C18H28O2. The van der Waals surface area contributed by atoms with Crippen LogP contribution in [0.1, 0.15) is 51.2 Å². The highest BCUT2D eigenvalue weighted by Gasteiger charge is 2.36. The standard InChI is InChI=1S/C18H28O2/c1-12-6-7-13(2)16(10-12)20-17-11-14(18(3,4)5)8-9-15(17)19/h6-7,10,14-15,17,19H,8-9,11H2,1-5H3. The second kappa shape index (κ2) is 5.77. The summed E-state index contributed by atoms with van der Waals surface area (Å²) in [6, 6.07) is 6.25. The van der Waals surface area contributed by atoms with Crippen molar-refractivity contribution in [3.63, 3.8) is 0 Å². The molecule has 0 amide bonds. The smallest absolute Gasteiger partial charge is 0.125 e. The molecule has 2 nitrogen and oxygen atoms in total. The van der Waals surface area contributed by atoms with Crippen molar-refractivity contribution in [3.8, 4) is 5.75 Å². The lowest BCUT2D eigenvalue weighted by Crippen LogP contribution is -2.41. The van der Waals surface area contributed by atoms with Crippen LogP contribution in [0.2, 0.25) is 0 Å². The van der Waals surface area contributed by atoms with Gasteiger partial charge in [0.1, 0.15) is 11.9 Å². The van der Waals surface area contributed by atoms with Crippen molar-refractivity contribution in [3.05, 3.63) is 29.3 Å². The van der Waals surface area contributed by atoms with Gasteiger partial charge in [0.25, 0.3) is 0 Å². The highest BCUT2D eigenvalue weighted by Crippen LogP contribution is 2.39. The zero-order valence-corrected chi connectivity index (χ0v) is 13.4. The van der Waals surface area contributed by atoms with Crippen LogP contribution < -0.4 is 4.74 Å². The molecule has 2 rings (SSSR count). The summed E-state index contributed by atoms with van der Waals surface area (Å²) in [7, 11) is 0. The third-order valence-corrected chi connectivity index (χ3v) is 4.60. The van der Waals surface area contributed by atoms with E-state index in [-0.39, 0.29) is 17.6 Å². The highest BCUT2D eigenvalue weighted by molar-refractivity contribution is 5.36. The van der Waals surface area contributed by atoms with E-state index in [1.54, 1.807) is 0 Å². The van der Waals surface area contributed by atoms with Gasteiger partial charge in [-0.15, -0.1) is 0 Å². The average Bonchev–Trinajstić information content (AvgIpc) is 2.35. The average molecular weight is 276 g/mol. The van der Waals surface area contributed by atoms with Gasteiger partial charge in [-0.2, -0.15) is 0 Å². The summed E-state index contributed by atoms with van der Waals surface area (Å²) in [4.78, 5) is 0. The minimum Gasteiger partial charge on any atom is -0.487 e. The number of rotatable bonds is 2. The quantitative estimate of drug-likeness (QED) is 0.874. The van der Waals surface area contributed by atoms with Gasteiger partial charge in [-0.3, -0.25) is 0 Å². The molecule has 3 unspecified atom stereocenters. The van der Waals surface area contributed by atoms with Crippen LogP contribution in [0, 0.1) is 25.2 Å². The topological polar surface area (TPSA) is 29.5 Å². The normalized spacial score (nSPS) is 27.4. The molecule has 0 aromatic heterocycles. The summed E-state index contributed by atoms with van der Waals surface area (Å²) < 4.78 is 6.15. The van der Waals surface area contributed by atoms with E-state index in [1.165, 1.54) is 5.56 Å². The Morgan fingerprint density at radius 2 is 1.85 bits per heavy atom. The van der Waals surface area contributed by atoms with E-state index < -0.39 is 0 Å². The fourth-order valence-electron chi connectivity index (χ4n) is 3.02. The van der Waals surface area contributed by atoms with Gasteiger partial charge >= 0.3 is 0 Å². The first-order valence-electron chi connectivity index (χ1n) is 7.69. The van der Waals surface area contributed by atoms with Crippen LogP contribution in [0.3, 0.4) is 0 Å². The number of hydrogen-bond acceptors (Lipinski definition) is 2. The monoisotopic (exact) mass is 276 g/mol. The zero-order valence-electron chi connectivity index (χ0n) is 13.4. The van der Waals surface area contributed by atoms with E-state index >= 15 is 0 Å². The van der Waals surface area contributed by atoms with Crippen LogP contribution >= 0.6 is 0 Å². The summed E-state index contributed by atoms with van der Waals surface area (Å²) in [5.74, 6) is 1.53. The number of ether oxygens (including phenoxy) is 1. The van der Waals surface area contributed by atoms with Gasteiger partial charge in [-0.1, -0.05) is 32.9 Å². The lowest BCUT2D eigenvalue weighted by molar-refractivity contribution is -0.0300. The third-order valence-electron chi connectivity index (χ3n) is 4.60. The minimum atomic E-state index is -0.339. The van der Waals surface area contributed by atoms with E-state index in [4.69, 9.17) is 4.74 Å². The SMILES string of the molecule is Cc1ccc(C)c(OC2CC(C(C)(C)C)CCC2O)c1. The molecule has 0 heterocycles. The molecule has 1 aliphatic carbocycles. The predicted molar refractivity (Wildman–Crippen MR) is 83.1 cm³/mol. The van der Waals surface area contributed by atoms with Gasteiger partial charge in [-0.05, 0) is 61.6 Å². The maximum atomic E-state index is 10.2. The van der Waals surface area contributed by atoms with Crippen LogP contribution in [0.15, 0.2) is 18.2 Å². The number of aryl methyl sites for hydroxylation is 2. The first-order valence-corrected chi connectivity index (χ1v) is 7.69. The molecule has 1 aliphatic rings. The molecule has 1 fully saturated rings. The van der Waals surface area contributed by atoms with E-state index in [0.717, 1.165) is 30.6 Å². The summed E-state index contributed by atoms with van der Waals surface area (Å²) in [6.45, 7) is 11.0. The molecule has 20 heavy (non-hydrogen) atoms. The maximum Gasteiger partial charge on any atom is 0.125 e. The Balaban J connectivity index is 2.12. The fraction of sp³-hybridized carbons (Fsp3) is 0.667. The Labute approximate surface area is 123 Å². The lowest BCUT2D eigenvalue weighted by Gasteiger charge is -2.40. The summed E-state index contributed by atoms with van der Waals surface area (Å²) in [5, 5.41) is 10.2. The van der Waals surface area contributed by atoms with Crippen LogP contribution in [0.25, 0.3) is 0 Å². The van der Waals surface area contributed by atoms with Crippen molar-refractivity contribution in [1.82, 2.24) is 0 Å². The Morgan fingerprint density at radius 1 is 1.15 bits per heavy atom. The Kier molecular flexibility index (Phi) is 4.43. The Hall–Kier alpha value is -1.02. The van der Waals surface area contributed by atoms with Crippen molar-refractivity contribution in [2.45, 2.75) is 66.1 Å². The lowest BCUT2D eigenvalue weighted by atomic mass is 9.71. The van der Waals surface area contributed by atoms with E-state index in [2.05, 4.69) is 52.8 Å². The third kappa shape index (κ3) is 3.54. The van der Waals surface area contributed by atoms with Gasteiger partial charge in [0.2, 0.25) is 0 Å². The molecule has 1 saturated carbocycles. The highest BCUT2D eigenvalue weighted by atomic mass is 16.5. The number of aliphatic hydroxyl groups excluding tert-OH is 1. The summed E-state index contributed by atoms with van der Waals surface area (Å²) >= 11 is 0. The molecule has 3 atom stereocenters. The second-order valence-electron chi connectivity index (χ2n) is 7.37. The molecule has 0 radical (unpaired) electrons. The molecule has 0 aliphatic heterocycles. The van der Waals surface area contributed by atoms with Gasteiger partial charge in [-0.25, -0.2) is 0 Å². The van der Waals surface area contributed by atoms with Gasteiger partial charge < -0.3 is 9.84 Å². The van der Waals surface area contributed by atoms with Crippen molar-refractivity contribution in [2.24, 2.45) is 11.3 Å².